The maximum Gasteiger partial charge on any atom is 0.0642 e. The highest BCUT2D eigenvalue weighted by atomic mass is 16.5. The summed E-state index contributed by atoms with van der Waals surface area (Å²) < 4.78 is 11.2. The second-order valence-corrected chi connectivity index (χ2v) is 7.45. The van der Waals surface area contributed by atoms with Gasteiger partial charge < -0.3 is 25.0 Å². The minimum absolute atomic E-state index is 0.517. The Morgan fingerprint density at radius 2 is 1.96 bits per heavy atom. The van der Waals surface area contributed by atoms with E-state index in [0.717, 1.165) is 52.6 Å². The van der Waals surface area contributed by atoms with Crippen LogP contribution in [0.4, 0.5) is 5.69 Å². The third-order valence-corrected chi connectivity index (χ3v) is 5.93. The molecule has 0 spiro atoms. The van der Waals surface area contributed by atoms with Crippen molar-refractivity contribution in [1.29, 1.82) is 0 Å². The van der Waals surface area contributed by atoms with Crippen LogP contribution in [0.1, 0.15) is 24.8 Å². The van der Waals surface area contributed by atoms with Crippen LogP contribution < -0.4 is 15.5 Å². The first-order valence-electron chi connectivity index (χ1n) is 9.87. The number of nitrogens with zero attached hydrogens (tertiary/aromatic N) is 1. The van der Waals surface area contributed by atoms with Gasteiger partial charge in [-0.3, -0.25) is 0 Å². The van der Waals surface area contributed by atoms with Gasteiger partial charge in [-0.2, -0.15) is 0 Å². The molecule has 1 aromatic rings. The molecule has 3 aliphatic rings. The SMILES string of the molecule is c1ccc(N2CCOCC2)c(CNC2CCCC2C2COCCN2)c1. The second kappa shape index (κ2) is 8.49. The van der Waals surface area contributed by atoms with Crippen LogP contribution in [0.15, 0.2) is 24.3 Å². The summed E-state index contributed by atoms with van der Waals surface area (Å²) in [7, 11) is 0. The Labute approximate surface area is 151 Å². The van der Waals surface area contributed by atoms with E-state index < -0.39 is 0 Å². The van der Waals surface area contributed by atoms with E-state index in [-0.39, 0.29) is 0 Å². The maximum absolute atomic E-state index is 5.70. The molecule has 0 bridgehead atoms. The molecule has 5 heteroatoms. The van der Waals surface area contributed by atoms with Crippen LogP contribution in [0, 0.1) is 5.92 Å². The van der Waals surface area contributed by atoms with Crippen LogP contribution in [0.5, 0.6) is 0 Å². The van der Waals surface area contributed by atoms with E-state index in [9.17, 15) is 0 Å². The lowest BCUT2D eigenvalue weighted by atomic mass is 9.93. The van der Waals surface area contributed by atoms with Gasteiger partial charge in [0.2, 0.25) is 0 Å². The molecule has 2 saturated heterocycles. The summed E-state index contributed by atoms with van der Waals surface area (Å²) in [6.07, 6.45) is 3.91. The van der Waals surface area contributed by atoms with Crippen LogP contribution in [0.3, 0.4) is 0 Å². The molecule has 1 aliphatic carbocycles. The standard InChI is InChI=1S/C20H31N3O2/c1-2-7-20(23-9-12-24-13-10-23)16(4-1)14-22-18-6-3-5-17(18)19-15-25-11-8-21-19/h1-2,4,7,17-19,21-22H,3,5-6,8-15H2. The zero-order valence-electron chi connectivity index (χ0n) is 15.1. The molecule has 2 aliphatic heterocycles. The smallest absolute Gasteiger partial charge is 0.0642 e. The van der Waals surface area contributed by atoms with E-state index in [4.69, 9.17) is 9.47 Å². The van der Waals surface area contributed by atoms with Crippen molar-refractivity contribution in [2.75, 3.05) is 51.0 Å². The first-order chi connectivity index (χ1) is 12.4. The molecule has 4 rings (SSSR count). The Balaban J connectivity index is 1.39. The van der Waals surface area contributed by atoms with Gasteiger partial charge in [0.1, 0.15) is 0 Å². The van der Waals surface area contributed by atoms with Crippen LogP contribution in [-0.4, -0.2) is 58.1 Å². The molecular formula is C20H31N3O2. The number of hydrogen-bond donors (Lipinski definition) is 2. The summed E-state index contributed by atoms with van der Waals surface area (Å²) in [4.78, 5) is 2.46. The maximum atomic E-state index is 5.70. The Morgan fingerprint density at radius 3 is 2.80 bits per heavy atom. The van der Waals surface area contributed by atoms with Gasteiger partial charge in [0, 0.05) is 44.0 Å². The largest absolute Gasteiger partial charge is 0.379 e. The summed E-state index contributed by atoms with van der Waals surface area (Å²) in [6.45, 7) is 7.32. The predicted molar refractivity (Wildman–Crippen MR) is 100 cm³/mol. The van der Waals surface area contributed by atoms with Crippen molar-refractivity contribution < 1.29 is 9.47 Å². The van der Waals surface area contributed by atoms with Gasteiger partial charge >= 0.3 is 0 Å². The van der Waals surface area contributed by atoms with Gasteiger partial charge in [-0.1, -0.05) is 24.6 Å². The highest BCUT2D eigenvalue weighted by Crippen LogP contribution is 2.30. The summed E-state index contributed by atoms with van der Waals surface area (Å²) in [5.41, 5.74) is 2.77. The van der Waals surface area contributed by atoms with E-state index >= 15 is 0 Å². The van der Waals surface area contributed by atoms with Crippen molar-refractivity contribution in [2.24, 2.45) is 5.92 Å². The molecule has 3 fully saturated rings. The third kappa shape index (κ3) is 4.17. The molecule has 1 saturated carbocycles. The Morgan fingerprint density at radius 1 is 1.08 bits per heavy atom. The highest BCUT2D eigenvalue weighted by molar-refractivity contribution is 5.53. The summed E-state index contributed by atoms with van der Waals surface area (Å²) in [6, 6.07) is 9.94. The monoisotopic (exact) mass is 345 g/mol. The lowest BCUT2D eigenvalue weighted by molar-refractivity contribution is 0.0524. The fourth-order valence-electron chi connectivity index (χ4n) is 4.60. The molecule has 138 valence electrons. The molecule has 3 unspecified atom stereocenters. The zero-order valence-corrected chi connectivity index (χ0v) is 15.1. The first-order valence-corrected chi connectivity index (χ1v) is 9.87. The number of rotatable bonds is 5. The van der Waals surface area contributed by atoms with Crippen molar-refractivity contribution in [2.45, 2.75) is 37.9 Å². The summed E-state index contributed by atoms with van der Waals surface area (Å²) in [5, 5.41) is 7.54. The Bertz CT molecular complexity index is 541. The summed E-state index contributed by atoms with van der Waals surface area (Å²) >= 11 is 0. The van der Waals surface area contributed by atoms with Crippen molar-refractivity contribution in [3.8, 4) is 0 Å². The highest BCUT2D eigenvalue weighted by Gasteiger charge is 2.34. The van der Waals surface area contributed by atoms with E-state index in [1.165, 1.54) is 30.5 Å². The molecule has 0 amide bonds. The number of nitrogens with one attached hydrogen (secondary N) is 2. The molecule has 0 radical (unpaired) electrons. The average Bonchev–Trinajstić information content (AvgIpc) is 3.17. The lowest BCUT2D eigenvalue weighted by Gasteiger charge is -2.34. The number of anilines is 1. The van der Waals surface area contributed by atoms with Crippen molar-refractivity contribution in [3.63, 3.8) is 0 Å². The Hall–Kier alpha value is -1.14. The lowest BCUT2D eigenvalue weighted by Crippen LogP contribution is -2.50. The number of morpholine rings is 2. The van der Waals surface area contributed by atoms with Crippen molar-refractivity contribution >= 4 is 5.69 Å². The van der Waals surface area contributed by atoms with Crippen molar-refractivity contribution in [1.82, 2.24) is 10.6 Å². The van der Waals surface area contributed by atoms with Gasteiger partial charge in [0.15, 0.2) is 0 Å². The van der Waals surface area contributed by atoms with Gasteiger partial charge in [0.05, 0.1) is 26.4 Å². The molecule has 5 nitrogen and oxygen atoms in total. The number of ether oxygens (including phenoxy) is 2. The van der Waals surface area contributed by atoms with Gasteiger partial charge in [-0.25, -0.2) is 0 Å². The van der Waals surface area contributed by atoms with Gasteiger partial charge in [-0.05, 0) is 30.4 Å². The van der Waals surface area contributed by atoms with E-state index in [2.05, 4.69) is 39.8 Å². The molecule has 3 atom stereocenters. The van der Waals surface area contributed by atoms with Crippen LogP contribution in [-0.2, 0) is 16.0 Å². The third-order valence-electron chi connectivity index (χ3n) is 5.93. The number of benzene rings is 1. The Kier molecular flexibility index (Phi) is 5.87. The molecule has 25 heavy (non-hydrogen) atoms. The predicted octanol–water partition coefficient (Wildman–Crippen LogP) is 1.77. The topological polar surface area (TPSA) is 45.8 Å². The number of para-hydroxylation sites is 1. The fraction of sp³-hybridized carbons (Fsp3) is 0.700. The fourth-order valence-corrected chi connectivity index (χ4v) is 4.60. The molecule has 2 N–H and O–H groups in total. The quantitative estimate of drug-likeness (QED) is 0.852. The number of hydrogen-bond acceptors (Lipinski definition) is 5. The average molecular weight is 345 g/mol. The van der Waals surface area contributed by atoms with Crippen LogP contribution in [0.25, 0.3) is 0 Å². The summed E-state index contributed by atoms with van der Waals surface area (Å²) in [5.74, 6) is 0.691. The minimum Gasteiger partial charge on any atom is -0.379 e. The van der Waals surface area contributed by atoms with E-state index in [1.807, 2.05) is 0 Å². The molecule has 1 aromatic carbocycles. The normalized spacial score (nSPS) is 30.6. The van der Waals surface area contributed by atoms with Gasteiger partial charge in [0.25, 0.3) is 0 Å². The zero-order chi connectivity index (χ0) is 16.9. The van der Waals surface area contributed by atoms with E-state index in [0.29, 0.717) is 18.0 Å². The first kappa shape index (κ1) is 17.3. The van der Waals surface area contributed by atoms with Crippen LogP contribution >= 0.6 is 0 Å². The second-order valence-electron chi connectivity index (χ2n) is 7.45. The van der Waals surface area contributed by atoms with Crippen LogP contribution in [0.2, 0.25) is 0 Å². The molecule has 0 aromatic heterocycles. The minimum atomic E-state index is 0.517. The van der Waals surface area contributed by atoms with Gasteiger partial charge in [-0.15, -0.1) is 0 Å². The molecular weight excluding hydrogens is 314 g/mol. The van der Waals surface area contributed by atoms with E-state index in [1.54, 1.807) is 0 Å². The van der Waals surface area contributed by atoms with Crippen molar-refractivity contribution in [3.05, 3.63) is 29.8 Å². The molecule has 2 heterocycles.